The van der Waals surface area contributed by atoms with Gasteiger partial charge >= 0.3 is 0 Å². The Labute approximate surface area is 129 Å². The molecule has 0 fully saturated rings. The number of nitrogens with two attached hydrogens (primary N) is 1. The lowest BCUT2D eigenvalue weighted by Crippen LogP contribution is -2.37. The van der Waals surface area contributed by atoms with Gasteiger partial charge in [0.15, 0.2) is 0 Å². The first-order valence-electron chi connectivity index (χ1n) is 6.32. The highest BCUT2D eigenvalue weighted by Gasteiger charge is 2.08. The molecule has 0 aliphatic carbocycles. The molecule has 6 nitrogen and oxygen atoms in total. The van der Waals surface area contributed by atoms with E-state index >= 15 is 0 Å². The maximum absolute atomic E-state index is 11.4. The van der Waals surface area contributed by atoms with Gasteiger partial charge in [-0.3, -0.25) is 4.79 Å². The fourth-order valence-electron chi connectivity index (χ4n) is 1.67. The van der Waals surface area contributed by atoms with E-state index in [1.165, 1.54) is 0 Å². The number of ether oxygens (including phenoxy) is 1. The van der Waals surface area contributed by atoms with E-state index in [-0.39, 0.29) is 18.3 Å². The van der Waals surface area contributed by atoms with Crippen LogP contribution < -0.4 is 15.8 Å². The second-order valence-electron chi connectivity index (χ2n) is 4.46. The zero-order valence-corrected chi connectivity index (χ0v) is 12.8. The number of carbonyl (C=O) groups is 1. The van der Waals surface area contributed by atoms with Gasteiger partial charge in [0.1, 0.15) is 5.75 Å². The van der Waals surface area contributed by atoms with Gasteiger partial charge in [-0.1, -0.05) is 0 Å². The van der Waals surface area contributed by atoms with E-state index in [1.807, 2.05) is 36.5 Å². The Hall–Kier alpha value is -2.05. The Morgan fingerprint density at radius 3 is 2.62 bits per heavy atom. The molecule has 1 amide bonds. The first-order chi connectivity index (χ1) is 9.60. The van der Waals surface area contributed by atoms with Crippen LogP contribution in [0, 0.1) is 0 Å². The molecular weight excluding hydrogens is 292 g/mol. The predicted octanol–water partition coefficient (Wildman–Crippen LogP) is 1.27. The third-order valence-electron chi connectivity index (χ3n) is 2.84. The van der Waals surface area contributed by atoms with Gasteiger partial charge in [-0.2, -0.15) is 5.10 Å². The molecule has 2 aromatic rings. The van der Waals surface area contributed by atoms with Crippen molar-refractivity contribution in [3.63, 3.8) is 0 Å². The van der Waals surface area contributed by atoms with E-state index in [2.05, 4.69) is 10.4 Å². The van der Waals surface area contributed by atoms with Crippen molar-refractivity contribution in [2.75, 3.05) is 7.11 Å². The molecule has 2 rings (SSSR count). The summed E-state index contributed by atoms with van der Waals surface area (Å²) in [6.07, 6.45) is 1.84. The molecule has 0 aliphatic rings. The van der Waals surface area contributed by atoms with Gasteiger partial charge in [0.2, 0.25) is 5.91 Å². The number of aromatic nitrogens is 2. The molecule has 0 aliphatic heterocycles. The highest BCUT2D eigenvalue weighted by Crippen LogP contribution is 2.14. The fourth-order valence-corrected chi connectivity index (χ4v) is 1.67. The molecular formula is C14H19ClN4O2. The lowest BCUT2D eigenvalue weighted by Gasteiger charge is -2.06. The molecule has 3 N–H and O–H groups in total. The highest BCUT2D eigenvalue weighted by molar-refractivity contribution is 5.85. The number of hydrogen-bond acceptors (Lipinski definition) is 4. The van der Waals surface area contributed by atoms with Crippen LogP contribution in [0.25, 0.3) is 5.69 Å². The summed E-state index contributed by atoms with van der Waals surface area (Å²) in [5.41, 5.74) is 7.17. The van der Waals surface area contributed by atoms with Crippen molar-refractivity contribution in [3.05, 3.63) is 42.2 Å². The summed E-state index contributed by atoms with van der Waals surface area (Å²) < 4.78 is 6.85. The Morgan fingerprint density at radius 1 is 1.38 bits per heavy atom. The molecule has 7 heteroatoms. The molecule has 0 spiro atoms. The van der Waals surface area contributed by atoms with Crippen LogP contribution in [0.2, 0.25) is 0 Å². The van der Waals surface area contributed by atoms with Crippen molar-refractivity contribution in [1.29, 1.82) is 0 Å². The molecule has 1 heterocycles. The van der Waals surface area contributed by atoms with E-state index in [4.69, 9.17) is 10.5 Å². The Bertz CT molecular complexity index is 581. The van der Waals surface area contributed by atoms with Crippen molar-refractivity contribution in [2.24, 2.45) is 5.73 Å². The third-order valence-corrected chi connectivity index (χ3v) is 2.84. The normalized spacial score (nSPS) is 11.4. The Balaban J connectivity index is 0.00000220. The van der Waals surface area contributed by atoms with Crippen molar-refractivity contribution in [1.82, 2.24) is 15.1 Å². The second-order valence-corrected chi connectivity index (χ2v) is 4.46. The van der Waals surface area contributed by atoms with Gasteiger partial charge < -0.3 is 15.8 Å². The van der Waals surface area contributed by atoms with Crippen LogP contribution in [0.3, 0.4) is 0 Å². The number of nitrogens with zero attached hydrogens (tertiary/aromatic N) is 2. The lowest BCUT2D eigenvalue weighted by molar-refractivity contribution is -0.122. The van der Waals surface area contributed by atoms with Gasteiger partial charge in [-0.05, 0) is 37.3 Å². The summed E-state index contributed by atoms with van der Waals surface area (Å²) >= 11 is 0. The number of hydrogen-bond donors (Lipinski definition) is 2. The van der Waals surface area contributed by atoms with Crippen LogP contribution >= 0.6 is 12.4 Å². The van der Waals surface area contributed by atoms with Crippen molar-refractivity contribution >= 4 is 18.3 Å². The summed E-state index contributed by atoms with van der Waals surface area (Å²) in [5.74, 6) is 0.606. The number of halogens is 1. The zero-order chi connectivity index (χ0) is 14.5. The average molecular weight is 311 g/mol. The summed E-state index contributed by atoms with van der Waals surface area (Å²) in [4.78, 5) is 11.4. The number of benzene rings is 1. The number of carbonyl (C=O) groups excluding carboxylic acids is 1. The minimum Gasteiger partial charge on any atom is -0.497 e. The monoisotopic (exact) mass is 310 g/mol. The average Bonchev–Trinajstić information content (AvgIpc) is 2.93. The molecule has 1 aromatic carbocycles. The Morgan fingerprint density at radius 2 is 2.05 bits per heavy atom. The predicted molar refractivity (Wildman–Crippen MR) is 82.9 cm³/mol. The summed E-state index contributed by atoms with van der Waals surface area (Å²) in [5, 5.41) is 7.11. The van der Waals surface area contributed by atoms with Crippen LogP contribution in [0.1, 0.15) is 12.6 Å². The van der Waals surface area contributed by atoms with Gasteiger partial charge in [0.05, 0.1) is 31.1 Å². The van der Waals surface area contributed by atoms with Crippen LogP contribution in [0.4, 0.5) is 0 Å². The highest BCUT2D eigenvalue weighted by atomic mass is 35.5. The SMILES string of the molecule is COc1ccc(-n2ccc(CNC(=O)[C@@H](C)N)n2)cc1.Cl. The topological polar surface area (TPSA) is 82.2 Å². The second kappa shape index (κ2) is 7.66. The molecule has 0 bridgehead atoms. The Kier molecular flexibility index (Phi) is 6.20. The van der Waals surface area contributed by atoms with Crippen molar-refractivity contribution < 1.29 is 9.53 Å². The van der Waals surface area contributed by atoms with E-state index in [0.717, 1.165) is 17.1 Å². The maximum Gasteiger partial charge on any atom is 0.236 e. The van der Waals surface area contributed by atoms with Gasteiger partial charge in [0, 0.05) is 6.20 Å². The molecule has 0 saturated carbocycles. The van der Waals surface area contributed by atoms with Crippen LogP contribution in [-0.4, -0.2) is 28.8 Å². The number of nitrogens with one attached hydrogen (secondary N) is 1. The summed E-state index contributed by atoms with van der Waals surface area (Å²) in [6.45, 7) is 2.01. The van der Waals surface area contributed by atoms with Crippen LogP contribution in [-0.2, 0) is 11.3 Å². The van der Waals surface area contributed by atoms with E-state index in [0.29, 0.717) is 6.54 Å². The molecule has 1 atom stereocenters. The standard InChI is InChI=1S/C14H18N4O2.ClH/c1-10(15)14(19)16-9-11-7-8-18(17-11)12-3-5-13(20-2)6-4-12;/h3-8,10H,9,15H2,1-2H3,(H,16,19);1H/t10-;/m1./s1. The van der Waals surface area contributed by atoms with Crippen LogP contribution in [0.5, 0.6) is 5.75 Å². The third kappa shape index (κ3) is 4.47. The zero-order valence-electron chi connectivity index (χ0n) is 11.9. The maximum atomic E-state index is 11.4. The molecule has 21 heavy (non-hydrogen) atoms. The molecule has 0 radical (unpaired) electrons. The molecule has 114 valence electrons. The minimum atomic E-state index is -0.515. The summed E-state index contributed by atoms with van der Waals surface area (Å²) in [6, 6.07) is 8.90. The summed E-state index contributed by atoms with van der Waals surface area (Å²) in [7, 11) is 1.63. The van der Waals surface area contributed by atoms with E-state index in [1.54, 1.807) is 18.7 Å². The minimum absolute atomic E-state index is 0. The van der Waals surface area contributed by atoms with Gasteiger partial charge in [0.25, 0.3) is 0 Å². The first kappa shape index (κ1) is 17.0. The molecule has 1 aromatic heterocycles. The number of methoxy groups -OCH3 is 1. The van der Waals surface area contributed by atoms with Crippen molar-refractivity contribution in [3.8, 4) is 11.4 Å². The lowest BCUT2D eigenvalue weighted by atomic mass is 10.3. The number of rotatable bonds is 5. The fraction of sp³-hybridized carbons (Fsp3) is 0.286. The number of amides is 1. The van der Waals surface area contributed by atoms with Gasteiger partial charge in [-0.15, -0.1) is 12.4 Å². The quantitative estimate of drug-likeness (QED) is 0.871. The van der Waals surface area contributed by atoms with Crippen molar-refractivity contribution in [2.45, 2.75) is 19.5 Å². The smallest absolute Gasteiger partial charge is 0.236 e. The largest absolute Gasteiger partial charge is 0.497 e. The molecule has 0 unspecified atom stereocenters. The van der Waals surface area contributed by atoms with E-state index < -0.39 is 6.04 Å². The van der Waals surface area contributed by atoms with E-state index in [9.17, 15) is 4.79 Å². The molecule has 0 saturated heterocycles. The first-order valence-corrected chi connectivity index (χ1v) is 6.32. The van der Waals surface area contributed by atoms with Crippen LogP contribution in [0.15, 0.2) is 36.5 Å². The van der Waals surface area contributed by atoms with Gasteiger partial charge in [-0.25, -0.2) is 4.68 Å².